The lowest BCUT2D eigenvalue weighted by atomic mass is 10.1. The van der Waals surface area contributed by atoms with E-state index in [1.165, 1.54) is 4.90 Å². The molecule has 0 bridgehead atoms. The van der Waals surface area contributed by atoms with E-state index in [2.05, 4.69) is 5.32 Å². The second-order valence-corrected chi connectivity index (χ2v) is 9.91. The van der Waals surface area contributed by atoms with Crippen molar-refractivity contribution in [1.29, 1.82) is 0 Å². The van der Waals surface area contributed by atoms with Gasteiger partial charge in [0.2, 0.25) is 5.91 Å². The van der Waals surface area contributed by atoms with E-state index in [0.29, 0.717) is 46.1 Å². The zero-order valence-corrected chi connectivity index (χ0v) is 22.9. The summed E-state index contributed by atoms with van der Waals surface area (Å²) < 4.78 is 5.45. The number of anilines is 2. The van der Waals surface area contributed by atoms with Crippen LogP contribution in [0, 0.1) is 6.92 Å². The van der Waals surface area contributed by atoms with Gasteiger partial charge in [-0.2, -0.15) is 0 Å². The number of hydrogen-bond donors (Lipinski definition) is 1. The van der Waals surface area contributed by atoms with Crippen LogP contribution in [0.25, 0.3) is 0 Å². The maximum atomic E-state index is 13.6. The zero-order valence-electron chi connectivity index (χ0n) is 20.5. The fraction of sp³-hybridized carbons (Fsp3) is 0.250. The van der Waals surface area contributed by atoms with Gasteiger partial charge in [-0.3, -0.25) is 14.5 Å². The summed E-state index contributed by atoms with van der Waals surface area (Å²) in [6.45, 7) is 4.86. The smallest absolute Gasteiger partial charge is 0.256 e. The summed E-state index contributed by atoms with van der Waals surface area (Å²) in [5.41, 5.74) is 3.25. The molecule has 0 aliphatic carbocycles. The fourth-order valence-corrected chi connectivity index (χ4v) is 5.09. The highest BCUT2D eigenvalue weighted by Crippen LogP contribution is 2.29. The Bertz CT molecular complexity index is 1300. The summed E-state index contributed by atoms with van der Waals surface area (Å²) >= 11 is 18.2. The van der Waals surface area contributed by atoms with Crippen LogP contribution >= 0.6 is 35.4 Å². The average molecular weight is 557 g/mol. The quantitative estimate of drug-likeness (QED) is 0.315. The second kappa shape index (κ2) is 11.9. The molecule has 0 spiro atoms. The Kier molecular flexibility index (Phi) is 8.69. The topological polar surface area (TPSA) is 61.9 Å². The number of carbonyl (C=O) groups is 2. The Hall–Kier alpha value is -3.13. The van der Waals surface area contributed by atoms with Gasteiger partial charge in [-0.1, -0.05) is 47.0 Å². The Balaban J connectivity index is 1.54. The first kappa shape index (κ1) is 26.9. The number of aryl methyl sites for hydroxylation is 1. The predicted molar refractivity (Wildman–Crippen MR) is 153 cm³/mol. The molecule has 6 nitrogen and oxygen atoms in total. The van der Waals surface area contributed by atoms with Crippen molar-refractivity contribution >= 4 is 63.7 Å². The van der Waals surface area contributed by atoms with Gasteiger partial charge in [0.05, 0.1) is 18.7 Å². The van der Waals surface area contributed by atoms with E-state index in [-0.39, 0.29) is 18.2 Å². The third kappa shape index (κ3) is 6.42. The van der Waals surface area contributed by atoms with E-state index in [1.54, 1.807) is 41.3 Å². The van der Waals surface area contributed by atoms with Crippen LogP contribution in [0.1, 0.15) is 24.5 Å². The highest BCUT2D eigenvalue weighted by molar-refractivity contribution is 7.80. The van der Waals surface area contributed by atoms with Crippen LogP contribution in [0.15, 0.2) is 66.7 Å². The molecule has 9 heteroatoms. The molecule has 0 unspecified atom stereocenters. The highest BCUT2D eigenvalue weighted by atomic mass is 35.5. The molecule has 1 fully saturated rings. The molecule has 0 saturated carbocycles. The molecule has 1 aliphatic rings. The number of nitrogens with zero attached hydrogens (tertiary/aromatic N) is 2. The van der Waals surface area contributed by atoms with Crippen LogP contribution in [0.3, 0.4) is 0 Å². The van der Waals surface area contributed by atoms with Crippen molar-refractivity contribution in [2.45, 2.75) is 32.7 Å². The molecule has 1 N–H and O–H groups in total. The Morgan fingerprint density at radius 2 is 1.76 bits per heavy atom. The molecule has 1 heterocycles. The van der Waals surface area contributed by atoms with Gasteiger partial charge < -0.3 is 15.0 Å². The van der Waals surface area contributed by atoms with Crippen LogP contribution in [0.5, 0.6) is 5.75 Å². The molecule has 3 aromatic carbocycles. The average Bonchev–Trinajstić information content (AvgIpc) is 3.09. The van der Waals surface area contributed by atoms with Crippen LogP contribution in [0.2, 0.25) is 10.0 Å². The van der Waals surface area contributed by atoms with Gasteiger partial charge in [0.1, 0.15) is 11.8 Å². The maximum Gasteiger partial charge on any atom is 0.256 e. The van der Waals surface area contributed by atoms with Crippen molar-refractivity contribution in [2.75, 3.05) is 23.4 Å². The van der Waals surface area contributed by atoms with Crippen molar-refractivity contribution < 1.29 is 14.3 Å². The maximum absolute atomic E-state index is 13.6. The number of benzene rings is 3. The van der Waals surface area contributed by atoms with Crippen molar-refractivity contribution in [3.8, 4) is 5.75 Å². The van der Waals surface area contributed by atoms with Gasteiger partial charge in [0.15, 0.2) is 5.11 Å². The first-order valence-electron chi connectivity index (χ1n) is 11.9. The number of thiocarbonyl (C=S) groups is 1. The molecule has 1 aliphatic heterocycles. The van der Waals surface area contributed by atoms with E-state index in [1.807, 2.05) is 44.2 Å². The van der Waals surface area contributed by atoms with Crippen molar-refractivity contribution in [2.24, 2.45) is 0 Å². The van der Waals surface area contributed by atoms with Crippen LogP contribution < -0.4 is 15.0 Å². The van der Waals surface area contributed by atoms with Gasteiger partial charge in [0.25, 0.3) is 5.91 Å². The summed E-state index contributed by atoms with van der Waals surface area (Å²) in [7, 11) is 0. The molecule has 3 aromatic rings. The summed E-state index contributed by atoms with van der Waals surface area (Å²) in [6.07, 6.45) is 0.477. The molecule has 1 atom stereocenters. The standard InChI is InChI=1S/C28H27Cl2N3O3S/c1-3-36-23-12-8-21(9-13-23)31-26(34)17-25-27(35)33(22-10-4-18(2)5-11-22)28(37)32(25)15-14-19-6-7-20(29)16-24(19)30/h4-13,16,25H,3,14-15,17H2,1-2H3,(H,31,34)/t25-/m1/s1. The minimum atomic E-state index is -0.748. The lowest BCUT2D eigenvalue weighted by Gasteiger charge is -2.24. The minimum Gasteiger partial charge on any atom is -0.494 e. The van der Waals surface area contributed by atoms with Crippen molar-refractivity contribution in [3.63, 3.8) is 0 Å². The van der Waals surface area contributed by atoms with Gasteiger partial charge in [-0.25, -0.2) is 0 Å². The fourth-order valence-electron chi connectivity index (χ4n) is 4.17. The Labute approximate surface area is 232 Å². The zero-order chi connectivity index (χ0) is 26.5. The summed E-state index contributed by atoms with van der Waals surface area (Å²) in [5, 5.41) is 4.33. The molecule has 1 saturated heterocycles. The van der Waals surface area contributed by atoms with Crippen molar-refractivity contribution in [1.82, 2.24) is 4.90 Å². The number of rotatable bonds is 9. The van der Waals surface area contributed by atoms with Crippen LogP contribution in [0.4, 0.5) is 11.4 Å². The molecule has 2 amide bonds. The van der Waals surface area contributed by atoms with Gasteiger partial charge >= 0.3 is 0 Å². The van der Waals surface area contributed by atoms with E-state index in [9.17, 15) is 9.59 Å². The molecule has 192 valence electrons. The Morgan fingerprint density at radius 3 is 2.41 bits per heavy atom. The van der Waals surface area contributed by atoms with Crippen LogP contribution in [-0.4, -0.2) is 41.0 Å². The molecular weight excluding hydrogens is 529 g/mol. The van der Waals surface area contributed by atoms with Gasteiger partial charge in [-0.05, 0) is 86.6 Å². The summed E-state index contributed by atoms with van der Waals surface area (Å²) in [4.78, 5) is 29.9. The van der Waals surface area contributed by atoms with Gasteiger partial charge in [-0.15, -0.1) is 0 Å². The molecular formula is C28H27Cl2N3O3S. The number of halogens is 2. The first-order valence-corrected chi connectivity index (χ1v) is 13.1. The van der Waals surface area contributed by atoms with Gasteiger partial charge in [0, 0.05) is 22.3 Å². The highest BCUT2D eigenvalue weighted by Gasteiger charge is 2.43. The number of ether oxygens (including phenoxy) is 1. The Morgan fingerprint density at radius 1 is 1.05 bits per heavy atom. The number of hydrogen-bond acceptors (Lipinski definition) is 4. The van der Waals surface area contributed by atoms with E-state index < -0.39 is 6.04 Å². The number of nitrogens with one attached hydrogen (secondary N) is 1. The minimum absolute atomic E-state index is 0.0527. The SMILES string of the molecule is CCOc1ccc(NC(=O)C[C@@H]2C(=O)N(c3ccc(C)cc3)C(=S)N2CCc2ccc(Cl)cc2Cl)cc1. The third-order valence-electron chi connectivity index (χ3n) is 6.08. The summed E-state index contributed by atoms with van der Waals surface area (Å²) in [6, 6.07) is 19.2. The number of carbonyl (C=O) groups excluding carboxylic acids is 2. The van der Waals surface area contributed by atoms with E-state index in [4.69, 9.17) is 40.2 Å². The summed E-state index contributed by atoms with van der Waals surface area (Å²) in [5.74, 6) is 0.195. The number of amides is 2. The molecule has 37 heavy (non-hydrogen) atoms. The normalized spacial score (nSPS) is 15.3. The first-order chi connectivity index (χ1) is 17.8. The lowest BCUT2D eigenvalue weighted by Crippen LogP contribution is -2.39. The molecule has 4 rings (SSSR count). The predicted octanol–water partition coefficient (Wildman–Crippen LogP) is 6.27. The van der Waals surface area contributed by atoms with E-state index in [0.717, 1.165) is 16.9 Å². The van der Waals surface area contributed by atoms with Crippen molar-refractivity contribution in [3.05, 3.63) is 87.9 Å². The van der Waals surface area contributed by atoms with E-state index >= 15 is 0 Å². The monoisotopic (exact) mass is 555 g/mol. The molecule has 0 radical (unpaired) electrons. The third-order valence-corrected chi connectivity index (χ3v) is 7.08. The lowest BCUT2D eigenvalue weighted by molar-refractivity contribution is -0.124. The largest absolute Gasteiger partial charge is 0.494 e. The van der Waals surface area contributed by atoms with Crippen LogP contribution in [-0.2, 0) is 16.0 Å². The molecule has 0 aromatic heterocycles. The second-order valence-electron chi connectivity index (χ2n) is 8.70.